The van der Waals surface area contributed by atoms with E-state index >= 15 is 0 Å². The summed E-state index contributed by atoms with van der Waals surface area (Å²) < 4.78 is 0. The number of nitrogens with zero attached hydrogens (tertiary/aromatic N) is 4. The lowest BCUT2D eigenvalue weighted by Gasteiger charge is -2.20. The maximum absolute atomic E-state index is 11.8. The Kier molecular flexibility index (Phi) is 5.46. The van der Waals surface area contributed by atoms with Gasteiger partial charge in [-0.2, -0.15) is 15.0 Å². The van der Waals surface area contributed by atoms with E-state index in [9.17, 15) is 4.79 Å². The van der Waals surface area contributed by atoms with Gasteiger partial charge in [-0.15, -0.1) is 0 Å². The zero-order chi connectivity index (χ0) is 16.2. The molecule has 0 saturated carbocycles. The first-order valence-corrected chi connectivity index (χ1v) is 7.06. The molecule has 0 radical (unpaired) electrons. The predicted molar refractivity (Wildman–Crippen MR) is 84.6 cm³/mol. The Morgan fingerprint density at radius 2 is 1.81 bits per heavy atom. The summed E-state index contributed by atoms with van der Waals surface area (Å²) in [5.41, 5.74) is -0.254. The molecule has 0 aromatic carbocycles. The van der Waals surface area contributed by atoms with E-state index in [0.29, 0.717) is 17.7 Å². The van der Waals surface area contributed by atoms with Crippen LogP contribution in [0.3, 0.4) is 0 Å². The van der Waals surface area contributed by atoms with Gasteiger partial charge in [0.25, 0.3) is 0 Å². The van der Waals surface area contributed by atoms with Gasteiger partial charge in [-0.3, -0.25) is 4.79 Å². The van der Waals surface area contributed by atoms with E-state index in [4.69, 9.17) is 0 Å². The summed E-state index contributed by atoms with van der Waals surface area (Å²) in [4.78, 5) is 26.7. The fourth-order valence-corrected chi connectivity index (χ4v) is 1.54. The van der Waals surface area contributed by atoms with Crippen molar-refractivity contribution in [3.8, 4) is 0 Å². The van der Waals surface area contributed by atoms with Crippen molar-refractivity contribution in [2.45, 2.75) is 46.1 Å². The Hall–Kier alpha value is -1.92. The molecule has 1 rings (SSSR count). The highest BCUT2D eigenvalue weighted by Crippen LogP contribution is 2.14. The van der Waals surface area contributed by atoms with E-state index in [0.717, 1.165) is 0 Å². The number of nitrogens with one attached hydrogen (secondary N) is 2. The van der Waals surface area contributed by atoms with Crippen LogP contribution in [0.25, 0.3) is 0 Å². The van der Waals surface area contributed by atoms with Gasteiger partial charge >= 0.3 is 0 Å². The van der Waals surface area contributed by atoms with Crippen molar-refractivity contribution in [3.63, 3.8) is 0 Å². The van der Waals surface area contributed by atoms with Crippen LogP contribution in [-0.4, -0.2) is 47.0 Å². The molecule has 0 unspecified atom stereocenters. The monoisotopic (exact) mass is 294 g/mol. The topological polar surface area (TPSA) is 83.0 Å². The molecule has 118 valence electrons. The maximum Gasteiger partial charge on any atom is 0.239 e. The van der Waals surface area contributed by atoms with Crippen LogP contribution in [-0.2, 0) is 4.79 Å². The Morgan fingerprint density at radius 3 is 2.29 bits per heavy atom. The van der Waals surface area contributed by atoms with Crippen LogP contribution in [0.15, 0.2) is 0 Å². The van der Waals surface area contributed by atoms with E-state index in [1.54, 1.807) is 0 Å². The molecule has 0 fully saturated rings. The maximum atomic E-state index is 11.8. The number of aromatic nitrogens is 3. The molecule has 2 N–H and O–H groups in total. The zero-order valence-electron chi connectivity index (χ0n) is 14.0. The molecule has 1 heterocycles. The van der Waals surface area contributed by atoms with Gasteiger partial charge in [0.15, 0.2) is 0 Å². The summed E-state index contributed by atoms with van der Waals surface area (Å²) in [7, 11) is 3.74. The highest BCUT2D eigenvalue weighted by atomic mass is 16.2. The van der Waals surface area contributed by atoms with Crippen molar-refractivity contribution in [2.75, 3.05) is 30.9 Å². The van der Waals surface area contributed by atoms with E-state index < -0.39 is 0 Å². The van der Waals surface area contributed by atoms with E-state index in [2.05, 4.69) is 25.6 Å². The average Bonchev–Trinajstić information content (AvgIpc) is 2.33. The SMILES string of the molecule is CC(C)c1nc(NCC(=O)NC(C)(C)C)nc(N(C)C)n1. The minimum Gasteiger partial charge on any atom is -0.350 e. The van der Waals surface area contributed by atoms with Gasteiger partial charge in [-0.25, -0.2) is 0 Å². The minimum absolute atomic E-state index is 0.0968. The van der Waals surface area contributed by atoms with Gasteiger partial charge in [-0.1, -0.05) is 13.8 Å². The van der Waals surface area contributed by atoms with Crippen LogP contribution in [0.4, 0.5) is 11.9 Å². The predicted octanol–water partition coefficient (Wildman–Crippen LogP) is 1.39. The van der Waals surface area contributed by atoms with Crippen molar-refractivity contribution in [1.29, 1.82) is 0 Å². The summed E-state index contributed by atoms with van der Waals surface area (Å²) >= 11 is 0. The van der Waals surface area contributed by atoms with Crippen molar-refractivity contribution >= 4 is 17.8 Å². The van der Waals surface area contributed by atoms with Crippen molar-refractivity contribution < 1.29 is 4.79 Å². The van der Waals surface area contributed by atoms with Gasteiger partial charge in [-0.05, 0) is 20.8 Å². The number of hydrogen-bond acceptors (Lipinski definition) is 6. The lowest BCUT2D eigenvalue weighted by atomic mass is 10.1. The number of carbonyl (C=O) groups is 1. The lowest BCUT2D eigenvalue weighted by Crippen LogP contribution is -2.43. The minimum atomic E-state index is -0.254. The molecular weight excluding hydrogens is 268 g/mol. The molecule has 0 atom stereocenters. The standard InChI is InChI=1S/C14H26N6O/c1-9(2)11-16-12(18-13(17-11)20(6)7)15-8-10(21)19-14(3,4)5/h9H,8H2,1-7H3,(H,19,21)(H,15,16,17,18). The third-order valence-corrected chi connectivity index (χ3v) is 2.48. The first kappa shape index (κ1) is 17.1. The second-order valence-corrected chi connectivity index (χ2v) is 6.52. The molecule has 7 nitrogen and oxygen atoms in total. The summed E-state index contributed by atoms with van der Waals surface area (Å²) in [6.07, 6.45) is 0. The number of hydrogen-bond donors (Lipinski definition) is 2. The molecule has 1 aromatic heterocycles. The van der Waals surface area contributed by atoms with E-state index in [1.807, 2.05) is 53.6 Å². The van der Waals surface area contributed by atoms with Crippen molar-refractivity contribution in [3.05, 3.63) is 5.82 Å². The Morgan fingerprint density at radius 1 is 1.19 bits per heavy atom. The first-order chi connectivity index (χ1) is 9.58. The summed E-state index contributed by atoms with van der Waals surface area (Å²) in [6, 6.07) is 0. The van der Waals surface area contributed by atoms with Crippen molar-refractivity contribution in [2.24, 2.45) is 0 Å². The van der Waals surface area contributed by atoms with Gasteiger partial charge < -0.3 is 15.5 Å². The number of rotatable bonds is 5. The van der Waals surface area contributed by atoms with Crippen LogP contribution in [0.2, 0.25) is 0 Å². The molecule has 7 heteroatoms. The molecule has 1 aromatic rings. The molecule has 0 spiro atoms. The summed E-state index contributed by atoms with van der Waals surface area (Å²) in [5.74, 6) is 1.79. The smallest absolute Gasteiger partial charge is 0.239 e. The molecule has 0 aliphatic carbocycles. The van der Waals surface area contributed by atoms with Crippen LogP contribution in [0.5, 0.6) is 0 Å². The van der Waals surface area contributed by atoms with E-state index in [1.165, 1.54) is 0 Å². The van der Waals surface area contributed by atoms with Gasteiger partial charge in [0.2, 0.25) is 17.8 Å². The van der Waals surface area contributed by atoms with Crippen LogP contribution in [0.1, 0.15) is 46.4 Å². The second-order valence-electron chi connectivity index (χ2n) is 6.52. The molecule has 0 aliphatic rings. The van der Waals surface area contributed by atoms with Crippen LogP contribution < -0.4 is 15.5 Å². The third-order valence-electron chi connectivity index (χ3n) is 2.48. The van der Waals surface area contributed by atoms with Gasteiger partial charge in [0, 0.05) is 25.6 Å². The number of carbonyl (C=O) groups excluding carboxylic acids is 1. The Balaban J connectivity index is 2.81. The fourth-order valence-electron chi connectivity index (χ4n) is 1.54. The quantitative estimate of drug-likeness (QED) is 0.854. The number of amides is 1. The summed E-state index contributed by atoms with van der Waals surface area (Å²) in [6.45, 7) is 9.99. The number of anilines is 2. The molecule has 0 aliphatic heterocycles. The molecular formula is C14H26N6O. The van der Waals surface area contributed by atoms with Crippen molar-refractivity contribution in [1.82, 2.24) is 20.3 Å². The fraction of sp³-hybridized carbons (Fsp3) is 0.714. The lowest BCUT2D eigenvalue weighted by molar-refractivity contribution is -0.120. The average molecular weight is 294 g/mol. The largest absolute Gasteiger partial charge is 0.350 e. The highest BCUT2D eigenvalue weighted by molar-refractivity contribution is 5.80. The van der Waals surface area contributed by atoms with Gasteiger partial charge in [0.1, 0.15) is 5.82 Å². The first-order valence-electron chi connectivity index (χ1n) is 7.06. The molecule has 21 heavy (non-hydrogen) atoms. The summed E-state index contributed by atoms with van der Waals surface area (Å²) in [5, 5.41) is 5.84. The van der Waals surface area contributed by atoms with Gasteiger partial charge in [0.05, 0.1) is 6.54 Å². The normalized spacial score (nSPS) is 11.4. The Labute approximate surface area is 126 Å². The zero-order valence-corrected chi connectivity index (χ0v) is 14.0. The van der Waals surface area contributed by atoms with Crippen LogP contribution >= 0.6 is 0 Å². The molecule has 1 amide bonds. The molecule has 0 saturated heterocycles. The third kappa shape index (κ3) is 5.93. The second kappa shape index (κ2) is 6.69. The molecule has 0 bridgehead atoms. The van der Waals surface area contributed by atoms with E-state index in [-0.39, 0.29) is 23.9 Å². The Bertz CT molecular complexity index is 466. The highest BCUT2D eigenvalue weighted by Gasteiger charge is 2.15. The van der Waals surface area contributed by atoms with Crippen LogP contribution in [0, 0.1) is 0 Å².